The summed E-state index contributed by atoms with van der Waals surface area (Å²) in [6, 6.07) is 11.3. The van der Waals surface area contributed by atoms with Crippen LogP contribution in [0.2, 0.25) is 0 Å². The highest BCUT2D eigenvalue weighted by Gasteiger charge is 2.26. The van der Waals surface area contributed by atoms with Gasteiger partial charge in [-0.2, -0.15) is 0 Å². The number of amides is 2. The van der Waals surface area contributed by atoms with E-state index in [1.54, 1.807) is 19.2 Å². The van der Waals surface area contributed by atoms with Crippen molar-refractivity contribution in [3.8, 4) is 5.75 Å². The lowest BCUT2D eigenvalue weighted by Gasteiger charge is -2.30. The number of ether oxygens (including phenoxy) is 1. The van der Waals surface area contributed by atoms with Crippen LogP contribution in [0.15, 0.2) is 47.1 Å². The van der Waals surface area contributed by atoms with E-state index in [1.807, 2.05) is 29.2 Å². The highest BCUT2D eigenvalue weighted by molar-refractivity contribution is 5.91. The first-order valence-corrected chi connectivity index (χ1v) is 9.44. The number of furan rings is 1. The van der Waals surface area contributed by atoms with E-state index >= 15 is 0 Å². The van der Waals surface area contributed by atoms with Crippen LogP contribution >= 0.6 is 0 Å². The number of rotatable bonds is 6. The Balaban J connectivity index is 1.61. The first-order chi connectivity index (χ1) is 13.2. The molecule has 0 aliphatic carbocycles. The lowest BCUT2D eigenvalue weighted by molar-refractivity contribution is -0.133. The Morgan fingerprint density at radius 2 is 2.00 bits per heavy atom. The maximum Gasteiger partial charge on any atom is 0.286 e. The molecule has 27 heavy (non-hydrogen) atoms. The number of carbonyl (C=O) groups is 2. The molecule has 2 heterocycles. The molecule has 144 valence electrons. The zero-order valence-electron chi connectivity index (χ0n) is 15.6. The van der Waals surface area contributed by atoms with Crippen molar-refractivity contribution in [1.82, 2.24) is 10.2 Å². The van der Waals surface area contributed by atoms with E-state index in [4.69, 9.17) is 9.15 Å². The van der Waals surface area contributed by atoms with E-state index in [0.717, 1.165) is 43.5 Å². The van der Waals surface area contributed by atoms with Crippen molar-refractivity contribution in [2.75, 3.05) is 20.2 Å². The third-order valence-corrected chi connectivity index (χ3v) is 4.94. The maximum absolute atomic E-state index is 12.9. The van der Waals surface area contributed by atoms with Crippen LogP contribution in [0.5, 0.6) is 5.75 Å². The van der Waals surface area contributed by atoms with Crippen molar-refractivity contribution < 1.29 is 18.7 Å². The first-order valence-electron chi connectivity index (χ1n) is 9.44. The fourth-order valence-corrected chi connectivity index (χ4v) is 3.50. The topological polar surface area (TPSA) is 71.8 Å². The molecule has 0 bridgehead atoms. The van der Waals surface area contributed by atoms with Gasteiger partial charge in [-0.3, -0.25) is 9.59 Å². The lowest BCUT2D eigenvalue weighted by atomic mass is 10.0. The Morgan fingerprint density at radius 1 is 1.19 bits per heavy atom. The molecule has 1 saturated heterocycles. The van der Waals surface area contributed by atoms with Crippen LogP contribution in [0.1, 0.15) is 54.3 Å². The van der Waals surface area contributed by atoms with Gasteiger partial charge < -0.3 is 19.4 Å². The molecule has 2 amide bonds. The summed E-state index contributed by atoms with van der Waals surface area (Å²) >= 11 is 0. The summed E-state index contributed by atoms with van der Waals surface area (Å²) in [6.45, 7) is 1.05. The summed E-state index contributed by atoms with van der Waals surface area (Å²) in [4.78, 5) is 26.7. The summed E-state index contributed by atoms with van der Waals surface area (Å²) < 4.78 is 10.3. The van der Waals surface area contributed by atoms with Gasteiger partial charge in [0.2, 0.25) is 5.91 Å². The molecular formula is C21H26N2O4. The fraction of sp³-hybridized carbons (Fsp3) is 0.429. The smallest absolute Gasteiger partial charge is 0.286 e. The molecular weight excluding hydrogens is 344 g/mol. The van der Waals surface area contributed by atoms with E-state index in [-0.39, 0.29) is 30.0 Å². The molecule has 1 fully saturated rings. The van der Waals surface area contributed by atoms with Gasteiger partial charge in [0.05, 0.1) is 19.4 Å². The van der Waals surface area contributed by atoms with E-state index in [9.17, 15) is 9.59 Å². The zero-order valence-corrected chi connectivity index (χ0v) is 15.6. The average molecular weight is 370 g/mol. The third-order valence-electron chi connectivity index (χ3n) is 4.94. The van der Waals surface area contributed by atoms with E-state index < -0.39 is 0 Å². The fourth-order valence-electron chi connectivity index (χ4n) is 3.50. The number of hydrogen-bond donors (Lipinski definition) is 1. The van der Waals surface area contributed by atoms with Crippen molar-refractivity contribution in [2.24, 2.45) is 0 Å². The average Bonchev–Trinajstić information content (AvgIpc) is 3.12. The number of likely N-dealkylation sites (tertiary alicyclic amines) is 1. The van der Waals surface area contributed by atoms with E-state index in [2.05, 4.69) is 5.32 Å². The van der Waals surface area contributed by atoms with Crippen molar-refractivity contribution in [3.63, 3.8) is 0 Å². The van der Waals surface area contributed by atoms with Gasteiger partial charge in [0.25, 0.3) is 5.91 Å². The van der Waals surface area contributed by atoms with Crippen LogP contribution in [0.25, 0.3) is 0 Å². The highest BCUT2D eigenvalue weighted by Crippen LogP contribution is 2.31. The summed E-state index contributed by atoms with van der Waals surface area (Å²) in [5, 5.41) is 2.74. The normalized spacial score (nSPS) is 17.2. The SMILES string of the molecule is COc1ccc(C2CCCCCN2C(=O)CCNC(=O)c2ccco2)cc1. The minimum atomic E-state index is -0.296. The van der Waals surface area contributed by atoms with Crippen LogP contribution in [0.3, 0.4) is 0 Å². The lowest BCUT2D eigenvalue weighted by Crippen LogP contribution is -2.37. The molecule has 2 aromatic rings. The summed E-state index contributed by atoms with van der Waals surface area (Å²) in [7, 11) is 1.65. The molecule has 1 atom stereocenters. The minimum Gasteiger partial charge on any atom is -0.497 e. The second kappa shape index (κ2) is 9.26. The zero-order chi connectivity index (χ0) is 19.1. The van der Waals surface area contributed by atoms with Crippen molar-refractivity contribution in [2.45, 2.75) is 38.1 Å². The number of benzene rings is 1. The molecule has 0 saturated carbocycles. The van der Waals surface area contributed by atoms with Gasteiger partial charge in [0.15, 0.2) is 5.76 Å². The molecule has 0 radical (unpaired) electrons. The van der Waals surface area contributed by atoms with Crippen LogP contribution in [-0.2, 0) is 4.79 Å². The van der Waals surface area contributed by atoms with E-state index in [1.165, 1.54) is 6.26 Å². The molecule has 1 aliphatic rings. The van der Waals surface area contributed by atoms with Crippen molar-refractivity contribution in [1.29, 1.82) is 0 Å². The summed E-state index contributed by atoms with van der Waals surface area (Å²) in [5.41, 5.74) is 1.13. The van der Waals surface area contributed by atoms with E-state index in [0.29, 0.717) is 6.54 Å². The summed E-state index contributed by atoms with van der Waals surface area (Å²) in [5.74, 6) is 0.840. The van der Waals surface area contributed by atoms with Crippen LogP contribution in [0, 0.1) is 0 Å². The Bertz CT molecular complexity index is 740. The monoisotopic (exact) mass is 370 g/mol. The minimum absolute atomic E-state index is 0.0671. The Kier molecular flexibility index (Phi) is 6.52. The van der Waals surface area contributed by atoms with Gasteiger partial charge in [-0.05, 0) is 42.7 Å². The molecule has 0 spiro atoms. The van der Waals surface area contributed by atoms with Crippen LogP contribution < -0.4 is 10.1 Å². The van der Waals surface area contributed by atoms with Crippen LogP contribution in [-0.4, -0.2) is 36.9 Å². The molecule has 1 unspecified atom stereocenters. The number of nitrogens with one attached hydrogen (secondary N) is 1. The number of carbonyl (C=O) groups excluding carboxylic acids is 2. The van der Waals surface area contributed by atoms with Crippen molar-refractivity contribution in [3.05, 3.63) is 54.0 Å². The van der Waals surface area contributed by atoms with Gasteiger partial charge in [-0.1, -0.05) is 25.0 Å². The van der Waals surface area contributed by atoms with Crippen LogP contribution in [0.4, 0.5) is 0 Å². The largest absolute Gasteiger partial charge is 0.497 e. The summed E-state index contributed by atoms with van der Waals surface area (Å²) in [6.07, 6.45) is 5.94. The second-order valence-electron chi connectivity index (χ2n) is 6.71. The van der Waals surface area contributed by atoms with Gasteiger partial charge in [-0.25, -0.2) is 0 Å². The Labute approximate surface area is 159 Å². The first kappa shape index (κ1) is 19.0. The third kappa shape index (κ3) is 4.90. The Morgan fingerprint density at radius 3 is 2.70 bits per heavy atom. The molecule has 1 N–H and O–H groups in total. The van der Waals surface area contributed by atoms with Gasteiger partial charge >= 0.3 is 0 Å². The molecule has 1 aromatic heterocycles. The Hall–Kier alpha value is -2.76. The second-order valence-corrected chi connectivity index (χ2v) is 6.71. The standard InChI is InChI=1S/C21H26N2O4/c1-26-17-10-8-16(9-11-17)18-6-3-2-4-14-23(18)20(24)12-13-22-21(25)19-7-5-15-27-19/h5,7-11,15,18H,2-4,6,12-14H2,1H3,(H,22,25). The van der Waals surface area contributed by atoms with Gasteiger partial charge in [0, 0.05) is 19.5 Å². The number of hydrogen-bond acceptors (Lipinski definition) is 4. The van der Waals surface area contributed by atoms with Crippen molar-refractivity contribution >= 4 is 11.8 Å². The molecule has 1 aromatic carbocycles. The molecule has 1 aliphatic heterocycles. The number of methoxy groups -OCH3 is 1. The van der Waals surface area contributed by atoms with Gasteiger partial charge in [0.1, 0.15) is 5.75 Å². The maximum atomic E-state index is 12.9. The van der Waals surface area contributed by atoms with Gasteiger partial charge in [-0.15, -0.1) is 0 Å². The predicted molar refractivity (Wildman–Crippen MR) is 102 cm³/mol. The molecule has 3 rings (SSSR count). The number of nitrogens with zero attached hydrogens (tertiary/aromatic N) is 1. The molecule has 6 nitrogen and oxygen atoms in total. The predicted octanol–water partition coefficient (Wildman–Crippen LogP) is 3.55. The highest BCUT2D eigenvalue weighted by atomic mass is 16.5. The quantitative estimate of drug-likeness (QED) is 0.844. The molecule has 6 heteroatoms.